The number of aryl methyl sites for hydroxylation is 1. The molecule has 0 aliphatic carbocycles. The third-order valence-corrected chi connectivity index (χ3v) is 2.62. The number of imidazole rings is 1. The number of aliphatic hydroxyl groups is 1. The van der Waals surface area contributed by atoms with Crippen LogP contribution < -0.4 is 5.32 Å². The van der Waals surface area contributed by atoms with Gasteiger partial charge in [0.25, 0.3) is 0 Å². The lowest BCUT2D eigenvalue weighted by molar-refractivity contribution is 0.243. The molecule has 2 N–H and O–H groups in total. The van der Waals surface area contributed by atoms with Crippen LogP contribution in [0.3, 0.4) is 0 Å². The van der Waals surface area contributed by atoms with E-state index in [1.807, 2.05) is 23.9 Å². The second-order valence-corrected chi connectivity index (χ2v) is 3.91. The summed E-state index contributed by atoms with van der Waals surface area (Å²) < 4.78 is 7.37. The van der Waals surface area contributed by atoms with Gasteiger partial charge in [-0.1, -0.05) is 0 Å². The molecule has 2 heterocycles. The minimum atomic E-state index is -0.0483. The van der Waals surface area contributed by atoms with E-state index in [4.69, 9.17) is 9.52 Å². The van der Waals surface area contributed by atoms with Gasteiger partial charge in [-0.05, 0) is 12.1 Å². The van der Waals surface area contributed by atoms with Crippen molar-refractivity contribution in [2.75, 3.05) is 6.54 Å². The van der Waals surface area contributed by atoms with Crippen LogP contribution >= 0.6 is 0 Å². The Morgan fingerprint density at radius 3 is 2.88 bits per heavy atom. The lowest BCUT2D eigenvalue weighted by Gasteiger charge is -2.03. The zero-order valence-corrected chi connectivity index (χ0v) is 9.89. The number of hydrogen-bond acceptors (Lipinski definition) is 4. The fraction of sp³-hybridized carbons (Fsp3) is 0.417. The van der Waals surface area contributed by atoms with Gasteiger partial charge in [0.2, 0.25) is 0 Å². The van der Waals surface area contributed by atoms with Gasteiger partial charge in [-0.2, -0.15) is 0 Å². The van der Waals surface area contributed by atoms with Crippen LogP contribution in [-0.2, 0) is 26.6 Å². The monoisotopic (exact) mass is 235 g/mol. The molecule has 0 amide bonds. The predicted octanol–water partition coefficient (Wildman–Crippen LogP) is 0.838. The molecule has 0 fully saturated rings. The van der Waals surface area contributed by atoms with E-state index in [2.05, 4.69) is 10.3 Å². The van der Waals surface area contributed by atoms with Crippen LogP contribution in [0.2, 0.25) is 0 Å². The molecule has 0 spiro atoms. The van der Waals surface area contributed by atoms with Gasteiger partial charge in [0.15, 0.2) is 0 Å². The molecule has 0 bridgehead atoms. The van der Waals surface area contributed by atoms with E-state index in [0.29, 0.717) is 12.3 Å². The molecule has 2 aromatic heterocycles. The Morgan fingerprint density at radius 1 is 1.41 bits per heavy atom. The molecule has 5 heteroatoms. The Hall–Kier alpha value is -1.59. The standard InChI is InChI=1S/C12H17N3O2/c1-15-7-6-14-12(15)4-5-13-8-10-2-3-11(9-16)17-10/h2-3,6-7,13,16H,4-5,8-9H2,1H3. The maximum atomic E-state index is 8.85. The van der Waals surface area contributed by atoms with E-state index in [9.17, 15) is 0 Å². The first-order valence-corrected chi connectivity index (χ1v) is 5.65. The zero-order valence-electron chi connectivity index (χ0n) is 9.89. The molecule has 0 aliphatic rings. The summed E-state index contributed by atoms with van der Waals surface area (Å²) in [6.07, 6.45) is 4.63. The van der Waals surface area contributed by atoms with Crippen molar-refractivity contribution in [1.29, 1.82) is 0 Å². The fourth-order valence-corrected chi connectivity index (χ4v) is 1.65. The highest BCUT2D eigenvalue weighted by molar-refractivity contribution is 5.06. The van der Waals surface area contributed by atoms with Gasteiger partial charge >= 0.3 is 0 Å². The Labute approximate surface area is 100 Å². The maximum Gasteiger partial charge on any atom is 0.129 e. The molecule has 5 nitrogen and oxygen atoms in total. The van der Waals surface area contributed by atoms with Crippen LogP contribution in [0.1, 0.15) is 17.3 Å². The van der Waals surface area contributed by atoms with Gasteiger partial charge in [-0.3, -0.25) is 0 Å². The molecule has 0 aromatic carbocycles. The highest BCUT2D eigenvalue weighted by Crippen LogP contribution is 2.07. The number of hydrogen-bond donors (Lipinski definition) is 2. The van der Waals surface area contributed by atoms with Gasteiger partial charge in [0.05, 0.1) is 6.54 Å². The van der Waals surface area contributed by atoms with E-state index in [1.165, 1.54) is 0 Å². The number of rotatable bonds is 6. The van der Waals surface area contributed by atoms with Crippen molar-refractivity contribution in [2.45, 2.75) is 19.6 Å². The second kappa shape index (κ2) is 5.65. The lowest BCUT2D eigenvalue weighted by atomic mass is 10.3. The van der Waals surface area contributed by atoms with Gasteiger partial charge in [0, 0.05) is 32.4 Å². The van der Waals surface area contributed by atoms with Crippen molar-refractivity contribution >= 4 is 0 Å². The average Bonchev–Trinajstić information content (AvgIpc) is 2.94. The quantitative estimate of drug-likeness (QED) is 0.728. The molecular formula is C12H17N3O2. The summed E-state index contributed by atoms with van der Waals surface area (Å²) in [6.45, 7) is 1.47. The summed E-state index contributed by atoms with van der Waals surface area (Å²) in [7, 11) is 1.99. The van der Waals surface area contributed by atoms with Crippen molar-refractivity contribution in [2.24, 2.45) is 7.05 Å². The first kappa shape index (κ1) is 11.9. The van der Waals surface area contributed by atoms with Gasteiger partial charge in [-0.15, -0.1) is 0 Å². The number of aliphatic hydroxyl groups excluding tert-OH is 1. The van der Waals surface area contributed by atoms with E-state index >= 15 is 0 Å². The van der Waals surface area contributed by atoms with Crippen molar-refractivity contribution in [3.8, 4) is 0 Å². The van der Waals surface area contributed by atoms with Crippen LogP contribution in [0.4, 0.5) is 0 Å². The summed E-state index contributed by atoms with van der Waals surface area (Å²) in [5, 5.41) is 12.1. The smallest absolute Gasteiger partial charge is 0.129 e. The molecule has 92 valence electrons. The van der Waals surface area contributed by atoms with Crippen molar-refractivity contribution in [3.63, 3.8) is 0 Å². The van der Waals surface area contributed by atoms with E-state index in [-0.39, 0.29) is 6.61 Å². The van der Waals surface area contributed by atoms with Crippen LogP contribution in [0.15, 0.2) is 28.9 Å². The average molecular weight is 235 g/mol. The van der Waals surface area contributed by atoms with E-state index in [0.717, 1.165) is 24.6 Å². The SMILES string of the molecule is Cn1ccnc1CCNCc1ccc(CO)o1. The normalized spacial score (nSPS) is 10.9. The Balaban J connectivity index is 1.71. The summed E-state index contributed by atoms with van der Waals surface area (Å²) >= 11 is 0. The maximum absolute atomic E-state index is 8.85. The summed E-state index contributed by atoms with van der Waals surface area (Å²) in [5.74, 6) is 2.51. The first-order valence-electron chi connectivity index (χ1n) is 5.65. The summed E-state index contributed by atoms with van der Waals surface area (Å²) in [4.78, 5) is 4.24. The predicted molar refractivity (Wildman–Crippen MR) is 63.2 cm³/mol. The molecule has 2 aromatic rings. The Kier molecular flexibility index (Phi) is 3.95. The molecule has 0 aliphatic heterocycles. The number of nitrogens with zero attached hydrogens (tertiary/aromatic N) is 2. The molecule has 0 unspecified atom stereocenters. The zero-order chi connectivity index (χ0) is 12.1. The Bertz CT molecular complexity index is 462. The first-order chi connectivity index (χ1) is 8.29. The van der Waals surface area contributed by atoms with E-state index < -0.39 is 0 Å². The van der Waals surface area contributed by atoms with Crippen LogP contribution in [0.25, 0.3) is 0 Å². The molecule has 0 atom stereocenters. The molecule has 0 saturated carbocycles. The lowest BCUT2D eigenvalue weighted by Crippen LogP contribution is -2.17. The molecular weight excluding hydrogens is 218 g/mol. The van der Waals surface area contributed by atoms with Gasteiger partial charge in [-0.25, -0.2) is 4.98 Å². The molecule has 0 saturated heterocycles. The van der Waals surface area contributed by atoms with Crippen LogP contribution in [0, 0.1) is 0 Å². The van der Waals surface area contributed by atoms with Crippen molar-refractivity contribution in [3.05, 3.63) is 41.9 Å². The van der Waals surface area contributed by atoms with Crippen molar-refractivity contribution < 1.29 is 9.52 Å². The van der Waals surface area contributed by atoms with Crippen LogP contribution in [0.5, 0.6) is 0 Å². The minimum absolute atomic E-state index is 0.0483. The minimum Gasteiger partial charge on any atom is -0.462 e. The molecule has 17 heavy (non-hydrogen) atoms. The topological polar surface area (TPSA) is 63.2 Å². The molecule has 0 radical (unpaired) electrons. The second-order valence-electron chi connectivity index (χ2n) is 3.91. The fourth-order valence-electron chi connectivity index (χ4n) is 1.65. The van der Waals surface area contributed by atoms with E-state index in [1.54, 1.807) is 12.3 Å². The highest BCUT2D eigenvalue weighted by atomic mass is 16.4. The molecule has 2 rings (SSSR count). The van der Waals surface area contributed by atoms with Crippen LogP contribution in [-0.4, -0.2) is 21.2 Å². The van der Waals surface area contributed by atoms with Gasteiger partial charge < -0.3 is 19.4 Å². The number of furan rings is 1. The highest BCUT2D eigenvalue weighted by Gasteiger charge is 2.01. The van der Waals surface area contributed by atoms with Crippen molar-refractivity contribution in [1.82, 2.24) is 14.9 Å². The summed E-state index contributed by atoms with van der Waals surface area (Å²) in [5.41, 5.74) is 0. The Morgan fingerprint density at radius 2 is 2.24 bits per heavy atom. The summed E-state index contributed by atoms with van der Waals surface area (Å²) in [6, 6.07) is 3.66. The van der Waals surface area contributed by atoms with Gasteiger partial charge in [0.1, 0.15) is 24.0 Å². The largest absolute Gasteiger partial charge is 0.462 e. The third-order valence-electron chi connectivity index (χ3n) is 2.62. The number of nitrogens with one attached hydrogen (secondary N) is 1. The third kappa shape index (κ3) is 3.18. The number of aromatic nitrogens is 2.